The number of nitrogens with zero attached hydrogens (tertiary/aromatic N) is 3. The fourth-order valence-corrected chi connectivity index (χ4v) is 3.15. The molecule has 1 atom stereocenters. The number of aryl methyl sites for hydroxylation is 1. The number of pyridine rings is 1. The Morgan fingerprint density at radius 2 is 2.29 bits per heavy atom. The number of halogens is 1. The third-order valence-electron chi connectivity index (χ3n) is 3.18. The van der Waals surface area contributed by atoms with Crippen LogP contribution in [0.4, 0.5) is 5.82 Å². The van der Waals surface area contributed by atoms with Crippen LogP contribution in [0.1, 0.15) is 18.4 Å². The zero-order valence-corrected chi connectivity index (χ0v) is 12.4. The summed E-state index contributed by atoms with van der Waals surface area (Å²) in [6, 6.07) is 2.74. The number of aromatic nitrogens is 1. The van der Waals surface area contributed by atoms with E-state index < -0.39 is 0 Å². The molecule has 1 aromatic heterocycles. The summed E-state index contributed by atoms with van der Waals surface area (Å²) >= 11 is 3.63. The van der Waals surface area contributed by atoms with Gasteiger partial charge in [-0.25, -0.2) is 4.98 Å². The van der Waals surface area contributed by atoms with Gasteiger partial charge in [0.15, 0.2) is 0 Å². The Hall–Kier alpha value is -0.610. The molecule has 0 spiro atoms. The molecule has 2 rings (SSSR count). The van der Waals surface area contributed by atoms with Crippen LogP contribution in [0.3, 0.4) is 0 Å². The largest absolute Gasteiger partial charge is 0.351 e. The average Bonchev–Trinajstić information content (AvgIpc) is 2.65. The first-order valence-corrected chi connectivity index (χ1v) is 6.90. The summed E-state index contributed by atoms with van der Waals surface area (Å²) in [5, 5.41) is 0. The molecule has 0 aromatic carbocycles. The molecule has 1 aromatic rings. The van der Waals surface area contributed by atoms with Crippen molar-refractivity contribution in [3.63, 3.8) is 0 Å². The summed E-state index contributed by atoms with van der Waals surface area (Å²) in [5.74, 6) is 1.10. The molecule has 0 aliphatic carbocycles. The Morgan fingerprint density at radius 3 is 2.94 bits per heavy atom. The van der Waals surface area contributed by atoms with Crippen LogP contribution in [0, 0.1) is 6.92 Å². The smallest absolute Gasteiger partial charge is 0.143 e. The molecule has 0 N–H and O–H groups in total. The standard InChI is InChI=1S/C13H20BrN3/c1-10-7-12(14)13(15-8-10)17-6-4-5-11(17)9-16(2)3/h7-8,11H,4-6,9H2,1-3H3. The molecule has 17 heavy (non-hydrogen) atoms. The van der Waals surface area contributed by atoms with Crippen LogP contribution in [0.25, 0.3) is 0 Å². The monoisotopic (exact) mass is 297 g/mol. The highest BCUT2D eigenvalue weighted by Gasteiger charge is 2.27. The Morgan fingerprint density at radius 1 is 1.53 bits per heavy atom. The van der Waals surface area contributed by atoms with Gasteiger partial charge in [0.05, 0.1) is 4.47 Å². The average molecular weight is 298 g/mol. The summed E-state index contributed by atoms with van der Waals surface area (Å²) in [6.45, 7) is 4.29. The minimum atomic E-state index is 0.594. The van der Waals surface area contributed by atoms with Crippen LogP contribution in [0.2, 0.25) is 0 Å². The molecule has 0 radical (unpaired) electrons. The second-order valence-electron chi connectivity index (χ2n) is 5.07. The third kappa shape index (κ3) is 2.99. The zero-order chi connectivity index (χ0) is 12.4. The topological polar surface area (TPSA) is 19.4 Å². The van der Waals surface area contributed by atoms with E-state index in [2.05, 4.69) is 57.8 Å². The van der Waals surface area contributed by atoms with Crippen LogP contribution >= 0.6 is 15.9 Å². The Bertz CT molecular complexity index is 392. The highest BCUT2D eigenvalue weighted by atomic mass is 79.9. The van der Waals surface area contributed by atoms with Gasteiger partial charge in [-0.3, -0.25) is 0 Å². The van der Waals surface area contributed by atoms with Crippen LogP contribution in [-0.4, -0.2) is 43.1 Å². The van der Waals surface area contributed by atoms with E-state index in [1.54, 1.807) is 0 Å². The van der Waals surface area contributed by atoms with Crippen LogP contribution in [0.15, 0.2) is 16.7 Å². The SMILES string of the molecule is Cc1cnc(N2CCCC2CN(C)C)c(Br)c1. The predicted octanol–water partition coefficient (Wildman–Crippen LogP) is 2.68. The Kier molecular flexibility index (Phi) is 4.05. The van der Waals surface area contributed by atoms with Crippen molar-refractivity contribution in [3.8, 4) is 0 Å². The van der Waals surface area contributed by atoms with Crippen LogP contribution in [-0.2, 0) is 0 Å². The molecule has 1 unspecified atom stereocenters. The van der Waals surface area contributed by atoms with Crippen molar-refractivity contribution in [3.05, 3.63) is 22.3 Å². The van der Waals surface area contributed by atoms with Gasteiger partial charge in [0.25, 0.3) is 0 Å². The third-order valence-corrected chi connectivity index (χ3v) is 3.77. The summed E-state index contributed by atoms with van der Waals surface area (Å²) < 4.78 is 1.11. The lowest BCUT2D eigenvalue weighted by atomic mass is 10.2. The van der Waals surface area contributed by atoms with E-state index in [9.17, 15) is 0 Å². The van der Waals surface area contributed by atoms with Crippen molar-refractivity contribution in [2.75, 3.05) is 32.1 Å². The summed E-state index contributed by atoms with van der Waals surface area (Å²) in [7, 11) is 4.27. The molecular weight excluding hydrogens is 278 g/mol. The van der Waals surface area contributed by atoms with Gasteiger partial charge in [0, 0.05) is 25.3 Å². The lowest BCUT2D eigenvalue weighted by Gasteiger charge is -2.28. The summed E-state index contributed by atoms with van der Waals surface area (Å²) in [5.41, 5.74) is 1.20. The Labute approximate surface area is 112 Å². The van der Waals surface area contributed by atoms with Crippen molar-refractivity contribution in [2.45, 2.75) is 25.8 Å². The maximum absolute atomic E-state index is 4.58. The number of hydrogen-bond donors (Lipinski definition) is 0. The molecule has 1 saturated heterocycles. The van der Waals surface area contributed by atoms with E-state index in [0.717, 1.165) is 23.4 Å². The summed E-state index contributed by atoms with van der Waals surface area (Å²) in [4.78, 5) is 9.27. The number of rotatable bonds is 3. The van der Waals surface area contributed by atoms with E-state index in [0.29, 0.717) is 6.04 Å². The molecule has 1 fully saturated rings. The fourth-order valence-electron chi connectivity index (χ4n) is 2.46. The van der Waals surface area contributed by atoms with Gasteiger partial charge in [0.2, 0.25) is 0 Å². The second kappa shape index (κ2) is 5.36. The van der Waals surface area contributed by atoms with Gasteiger partial charge in [0.1, 0.15) is 5.82 Å². The predicted molar refractivity (Wildman–Crippen MR) is 75.6 cm³/mol. The van der Waals surface area contributed by atoms with E-state index in [1.807, 2.05) is 6.20 Å². The van der Waals surface area contributed by atoms with Gasteiger partial charge in [-0.15, -0.1) is 0 Å². The van der Waals surface area contributed by atoms with Crippen LogP contribution in [0.5, 0.6) is 0 Å². The van der Waals surface area contributed by atoms with E-state index in [1.165, 1.54) is 18.4 Å². The van der Waals surface area contributed by atoms with E-state index >= 15 is 0 Å². The van der Waals surface area contributed by atoms with E-state index in [-0.39, 0.29) is 0 Å². The van der Waals surface area contributed by atoms with Gasteiger partial charge >= 0.3 is 0 Å². The highest BCUT2D eigenvalue weighted by Crippen LogP contribution is 2.30. The van der Waals surface area contributed by atoms with Crippen molar-refractivity contribution in [2.24, 2.45) is 0 Å². The highest BCUT2D eigenvalue weighted by molar-refractivity contribution is 9.10. The Balaban J connectivity index is 2.20. The zero-order valence-electron chi connectivity index (χ0n) is 10.8. The first-order chi connectivity index (χ1) is 8.08. The first-order valence-electron chi connectivity index (χ1n) is 6.11. The minimum Gasteiger partial charge on any atom is -0.351 e. The maximum atomic E-state index is 4.58. The van der Waals surface area contributed by atoms with Gasteiger partial charge < -0.3 is 9.80 Å². The molecule has 2 heterocycles. The van der Waals surface area contributed by atoms with Gasteiger partial charge in [-0.1, -0.05) is 0 Å². The van der Waals surface area contributed by atoms with Gasteiger partial charge in [-0.2, -0.15) is 0 Å². The molecule has 1 aliphatic heterocycles. The van der Waals surface area contributed by atoms with E-state index in [4.69, 9.17) is 0 Å². The lowest BCUT2D eigenvalue weighted by molar-refractivity contribution is 0.371. The van der Waals surface area contributed by atoms with Crippen molar-refractivity contribution < 1.29 is 0 Å². The van der Waals surface area contributed by atoms with Gasteiger partial charge in [-0.05, 0) is 61.4 Å². The normalized spacial score (nSPS) is 20.3. The molecule has 0 amide bonds. The molecule has 0 saturated carbocycles. The van der Waals surface area contributed by atoms with Crippen molar-refractivity contribution in [1.82, 2.24) is 9.88 Å². The number of anilines is 1. The van der Waals surface area contributed by atoms with Crippen molar-refractivity contribution >= 4 is 21.7 Å². The van der Waals surface area contributed by atoms with Crippen LogP contribution < -0.4 is 4.90 Å². The quantitative estimate of drug-likeness (QED) is 0.855. The minimum absolute atomic E-state index is 0.594. The summed E-state index contributed by atoms with van der Waals surface area (Å²) in [6.07, 6.45) is 4.48. The lowest BCUT2D eigenvalue weighted by Crippen LogP contribution is -2.38. The molecule has 1 aliphatic rings. The molecule has 0 bridgehead atoms. The number of hydrogen-bond acceptors (Lipinski definition) is 3. The molecule has 4 heteroatoms. The molecule has 94 valence electrons. The fraction of sp³-hybridized carbons (Fsp3) is 0.615. The maximum Gasteiger partial charge on any atom is 0.143 e. The molecular formula is C13H20BrN3. The second-order valence-corrected chi connectivity index (χ2v) is 5.92. The number of likely N-dealkylation sites (N-methyl/N-ethyl adjacent to an activating group) is 1. The van der Waals surface area contributed by atoms with Crippen molar-refractivity contribution in [1.29, 1.82) is 0 Å². The molecule has 3 nitrogen and oxygen atoms in total. The first kappa shape index (κ1) is 12.8.